The number of carboxylic acid groups (broad SMARTS) is 1. The van der Waals surface area contributed by atoms with Gasteiger partial charge in [-0.05, 0) is 31.0 Å². The van der Waals surface area contributed by atoms with Crippen LogP contribution in [0.3, 0.4) is 0 Å². The number of nitrogens with zero attached hydrogens (tertiary/aromatic N) is 1. The standard InChI is InChI=1S/C19H24N2O5/c22-17(13-5-2-1-3-6-13)20-15-8-4-7-14(11-15)18(23)21-9-10-26-16(12-21)19(24)25/h4,7-8,11,13,16H,1-3,5-6,9-10,12H2,(H,20,22)(H,24,25). The summed E-state index contributed by atoms with van der Waals surface area (Å²) in [5.74, 6) is -1.28. The summed E-state index contributed by atoms with van der Waals surface area (Å²) in [5, 5.41) is 12.0. The molecule has 7 nitrogen and oxygen atoms in total. The minimum atomic E-state index is -1.07. The van der Waals surface area contributed by atoms with E-state index in [-0.39, 0.29) is 30.9 Å². The fourth-order valence-corrected chi connectivity index (χ4v) is 3.50. The molecule has 1 saturated heterocycles. The van der Waals surface area contributed by atoms with Crippen molar-refractivity contribution in [3.8, 4) is 0 Å². The molecule has 1 saturated carbocycles. The largest absolute Gasteiger partial charge is 0.479 e. The number of aliphatic carboxylic acids is 1. The molecule has 1 heterocycles. The lowest BCUT2D eigenvalue weighted by Gasteiger charge is -2.31. The van der Waals surface area contributed by atoms with Crippen molar-refractivity contribution in [3.05, 3.63) is 29.8 Å². The summed E-state index contributed by atoms with van der Waals surface area (Å²) >= 11 is 0. The van der Waals surface area contributed by atoms with Crippen molar-refractivity contribution in [3.63, 3.8) is 0 Å². The fraction of sp³-hybridized carbons (Fsp3) is 0.526. The molecule has 2 amide bonds. The number of nitrogens with one attached hydrogen (secondary N) is 1. The van der Waals surface area contributed by atoms with Crippen molar-refractivity contribution in [2.24, 2.45) is 5.92 Å². The van der Waals surface area contributed by atoms with Crippen LogP contribution in [0.2, 0.25) is 0 Å². The van der Waals surface area contributed by atoms with Crippen LogP contribution in [-0.2, 0) is 14.3 Å². The molecule has 0 aromatic heterocycles. The molecule has 26 heavy (non-hydrogen) atoms. The number of ether oxygens (including phenoxy) is 1. The van der Waals surface area contributed by atoms with E-state index in [1.807, 2.05) is 0 Å². The molecule has 0 radical (unpaired) electrons. The zero-order chi connectivity index (χ0) is 18.5. The van der Waals surface area contributed by atoms with E-state index in [1.54, 1.807) is 24.3 Å². The first-order valence-corrected chi connectivity index (χ1v) is 9.09. The maximum absolute atomic E-state index is 12.7. The van der Waals surface area contributed by atoms with Crippen LogP contribution < -0.4 is 5.32 Å². The number of hydrogen-bond donors (Lipinski definition) is 2. The first kappa shape index (κ1) is 18.4. The molecular formula is C19H24N2O5. The lowest BCUT2D eigenvalue weighted by Crippen LogP contribution is -2.48. The van der Waals surface area contributed by atoms with E-state index in [2.05, 4.69) is 5.32 Å². The first-order chi connectivity index (χ1) is 12.5. The van der Waals surface area contributed by atoms with Crippen LogP contribution in [0.1, 0.15) is 42.5 Å². The molecule has 3 rings (SSSR count). The Hall–Kier alpha value is -2.41. The highest BCUT2D eigenvalue weighted by atomic mass is 16.5. The van der Waals surface area contributed by atoms with Gasteiger partial charge in [0.15, 0.2) is 6.10 Å². The van der Waals surface area contributed by atoms with Gasteiger partial charge < -0.3 is 20.1 Å². The van der Waals surface area contributed by atoms with E-state index < -0.39 is 12.1 Å². The third-order valence-corrected chi connectivity index (χ3v) is 4.98. The summed E-state index contributed by atoms with van der Waals surface area (Å²) in [6, 6.07) is 6.80. The lowest BCUT2D eigenvalue weighted by molar-refractivity contribution is -0.154. The Balaban J connectivity index is 1.65. The van der Waals surface area contributed by atoms with Crippen LogP contribution in [0.15, 0.2) is 24.3 Å². The molecule has 2 N–H and O–H groups in total. The highest BCUT2D eigenvalue weighted by Crippen LogP contribution is 2.25. The number of benzene rings is 1. The molecule has 0 spiro atoms. The lowest BCUT2D eigenvalue weighted by atomic mass is 9.88. The van der Waals surface area contributed by atoms with E-state index in [9.17, 15) is 14.4 Å². The van der Waals surface area contributed by atoms with Crippen molar-refractivity contribution >= 4 is 23.5 Å². The number of morpholine rings is 1. The van der Waals surface area contributed by atoms with E-state index in [1.165, 1.54) is 11.3 Å². The topological polar surface area (TPSA) is 95.9 Å². The Morgan fingerprint density at radius 1 is 1.15 bits per heavy atom. The smallest absolute Gasteiger partial charge is 0.334 e. The van der Waals surface area contributed by atoms with Crippen LogP contribution >= 0.6 is 0 Å². The molecular weight excluding hydrogens is 336 g/mol. The number of carbonyl (C=O) groups is 3. The van der Waals surface area contributed by atoms with Crippen LogP contribution in [0.25, 0.3) is 0 Å². The zero-order valence-electron chi connectivity index (χ0n) is 14.6. The number of hydrogen-bond acceptors (Lipinski definition) is 4. The third-order valence-electron chi connectivity index (χ3n) is 4.98. The zero-order valence-corrected chi connectivity index (χ0v) is 14.6. The van der Waals surface area contributed by atoms with Gasteiger partial charge in [-0.25, -0.2) is 4.79 Å². The minimum absolute atomic E-state index is 0.00612. The first-order valence-electron chi connectivity index (χ1n) is 9.09. The Bertz CT molecular complexity index is 684. The quantitative estimate of drug-likeness (QED) is 0.857. The molecule has 1 aliphatic carbocycles. The molecule has 0 bridgehead atoms. The second-order valence-corrected chi connectivity index (χ2v) is 6.85. The average molecular weight is 360 g/mol. The van der Waals surface area contributed by atoms with E-state index in [0.717, 1.165) is 25.7 Å². The maximum Gasteiger partial charge on any atom is 0.334 e. The number of rotatable bonds is 4. The van der Waals surface area contributed by atoms with E-state index in [0.29, 0.717) is 17.8 Å². The Morgan fingerprint density at radius 2 is 1.92 bits per heavy atom. The van der Waals surface area contributed by atoms with Crippen LogP contribution in [0, 0.1) is 5.92 Å². The summed E-state index contributed by atoms with van der Waals surface area (Å²) in [5.41, 5.74) is 1.02. The number of carboxylic acids is 1. The molecule has 2 fully saturated rings. The second-order valence-electron chi connectivity index (χ2n) is 6.85. The Labute approximate surface area is 152 Å². The van der Waals surface area contributed by atoms with Gasteiger partial charge in [0.2, 0.25) is 5.91 Å². The molecule has 1 aromatic rings. The molecule has 7 heteroatoms. The number of carbonyl (C=O) groups excluding carboxylic acids is 2. The predicted octanol–water partition coefficient (Wildman–Crippen LogP) is 2.13. The van der Waals surface area contributed by atoms with Gasteiger partial charge in [0.05, 0.1) is 13.2 Å². The normalized spacial score (nSPS) is 21.2. The second kappa shape index (κ2) is 8.31. The van der Waals surface area contributed by atoms with Crippen molar-refractivity contribution in [1.29, 1.82) is 0 Å². The monoisotopic (exact) mass is 360 g/mol. The molecule has 140 valence electrons. The van der Waals surface area contributed by atoms with Crippen LogP contribution in [0.5, 0.6) is 0 Å². The van der Waals surface area contributed by atoms with E-state index >= 15 is 0 Å². The molecule has 1 atom stereocenters. The highest BCUT2D eigenvalue weighted by Gasteiger charge is 2.29. The SMILES string of the molecule is O=C(Nc1cccc(C(=O)N2CCOC(C(=O)O)C2)c1)C1CCCCC1. The van der Waals surface area contributed by atoms with Gasteiger partial charge >= 0.3 is 5.97 Å². The maximum atomic E-state index is 12.7. The fourth-order valence-electron chi connectivity index (χ4n) is 3.50. The van der Waals surface area contributed by atoms with Gasteiger partial charge in [-0.3, -0.25) is 9.59 Å². The number of amides is 2. The van der Waals surface area contributed by atoms with E-state index in [4.69, 9.17) is 9.84 Å². The highest BCUT2D eigenvalue weighted by molar-refractivity contribution is 5.98. The summed E-state index contributed by atoms with van der Waals surface area (Å²) in [6.07, 6.45) is 4.17. The molecule has 2 aliphatic rings. The summed E-state index contributed by atoms with van der Waals surface area (Å²) in [7, 11) is 0. The summed E-state index contributed by atoms with van der Waals surface area (Å²) in [6.45, 7) is 0.564. The summed E-state index contributed by atoms with van der Waals surface area (Å²) in [4.78, 5) is 37.6. The molecule has 1 aromatic carbocycles. The van der Waals surface area contributed by atoms with Gasteiger partial charge in [-0.1, -0.05) is 25.3 Å². The van der Waals surface area contributed by atoms with Gasteiger partial charge in [0, 0.05) is 23.7 Å². The van der Waals surface area contributed by atoms with Gasteiger partial charge in [0.25, 0.3) is 5.91 Å². The molecule has 1 unspecified atom stereocenters. The van der Waals surface area contributed by atoms with Crippen molar-refractivity contribution in [2.45, 2.75) is 38.2 Å². The molecule has 1 aliphatic heterocycles. The van der Waals surface area contributed by atoms with Gasteiger partial charge in [-0.15, -0.1) is 0 Å². The summed E-state index contributed by atoms with van der Waals surface area (Å²) < 4.78 is 5.15. The third kappa shape index (κ3) is 4.40. The van der Waals surface area contributed by atoms with Crippen molar-refractivity contribution in [2.75, 3.05) is 25.0 Å². The Kier molecular flexibility index (Phi) is 5.88. The predicted molar refractivity (Wildman–Crippen MR) is 94.9 cm³/mol. The van der Waals surface area contributed by atoms with Crippen LogP contribution in [0.4, 0.5) is 5.69 Å². The Morgan fingerprint density at radius 3 is 2.65 bits per heavy atom. The van der Waals surface area contributed by atoms with Gasteiger partial charge in [0.1, 0.15) is 0 Å². The number of anilines is 1. The van der Waals surface area contributed by atoms with Crippen molar-refractivity contribution < 1.29 is 24.2 Å². The average Bonchev–Trinajstić information content (AvgIpc) is 2.68. The van der Waals surface area contributed by atoms with Crippen molar-refractivity contribution in [1.82, 2.24) is 4.90 Å². The van der Waals surface area contributed by atoms with Gasteiger partial charge in [-0.2, -0.15) is 0 Å². The van der Waals surface area contributed by atoms with Crippen LogP contribution in [-0.4, -0.2) is 53.6 Å². The minimum Gasteiger partial charge on any atom is -0.479 e.